The first-order valence-corrected chi connectivity index (χ1v) is 12.3. The average molecular weight is 495 g/mol. The first kappa shape index (κ1) is 22.6. The number of hydrogen-bond acceptors (Lipinski definition) is 6. The van der Waals surface area contributed by atoms with Gasteiger partial charge in [0, 0.05) is 9.90 Å². The number of aryl methyl sites for hydroxylation is 2. The molecule has 2 aromatic heterocycles. The van der Waals surface area contributed by atoms with Gasteiger partial charge in [0.05, 0.1) is 29.3 Å². The summed E-state index contributed by atoms with van der Waals surface area (Å²) in [7, 11) is 0. The van der Waals surface area contributed by atoms with E-state index in [9.17, 15) is 9.59 Å². The summed E-state index contributed by atoms with van der Waals surface area (Å²) in [6.45, 7) is 6.56. The van der Waals surface area contributed by atoms with E-state index >= 15 is 0 Å². The summed E-state index contributed by atoms with van der Waals surface area (Å²) in [5.74, 6) is 0.333. The van der Waals surface area contributed by atoms with Crippen molar-refractivity contribution in [2.75, 3.05) is 11.5 Å². The molecular weight excluding hydrogens is 472 g/mol. The molecule has 4 aromatic rings. The van der Waals surface area contributed by atoms with Crippen LogP contribution in [-0.2, 0) is 0 Å². The number of rotatable bonds is 6. The number of unbranched alkanes of at least 4 members (excludes halogenated alkanes) is 1. The van der Waals surface area contributed by atoms with E-state index in [1.165, 1.54) is 11.3 Å². The number of benzene rings is 2. The smallest absolute Gasteiger partial charge is 0.297 e. The van der Waals surface area contributed by atoms with E-state index in [0.717, 1.165) is 29.0 Å². The fraction of sp³-hybridized carbons (Fsp3) is 0.269. The number of aromatic nitrogens is 1. The zero-order valence-electron chi connectivity index (χ0n) is 19.1. The van der Waals surface area contributed by atoms with Gasteiger partial charge in [0.1, 0.15) is 11.3 Å². The highest BCUT2D eigenvalue weighted by Gasteiger charge is 2.45. The van der Waals surface area contributed by atoms with Crippen LogP contribution in [0.15, 0.2) is 51.7 Å². The van der Waals surface area contributed by atoms with Gasteiger partial charge in [-0.25, -0.2) is 4.98 Å². The van der Waals surface area contributed by atoms with Crippen molar-refractivity contribution in [2.45, 2.75) is 39.7 Å². The Morgan fingerprint density at radius 3 is 2.74 bits per heavy atom. The van der Waals surface area contributed by atoms with Gasteiger partial charge in [-0.2, -0.15) is 0 Å². The maximum atomic E-state index is 13.7. The number of carbonyl (C=O) groups excluding carboxylic acids is 1. The zero-order valence-corrected chi connectivity index (χ0v) is 20.6. The van der Waals surface area contributed by atoms with E-state index in [4.69, 9.17) is 20.8 Å². The van der Waals surface area contributed by atoms with Gasteiger partial charge in [0.2, 0.25) is 5.76 Å². The Morgan fingerprint density at radius 2 is 2.00 bits per heavy atom. The third-order valence-electron chi connectivity index (χ3n) is 6.00. The summed E-state index contributed by atoms with van der Waals surface area (Å²) in [6.07, 6.45) is 1.96. The molecule has 0 fully saturated rings. The van der Waals surface area contributed by atoms with Crippen molar-refractivity contribution in [3.63, 3.8) is 0 Å². The highest BCUT2D eigenvalue weighted by molar-refractivity contribution is 7.15. The highest BCUT2D eigenvalue weighted by Crippen LogP contribution is 2.43. The molecule has 5 rings (SSSR count). The molecule has 6 nitrogen and oxygen atoms in total. The van der Waals surface area contributed by atoms with Crippen molar-refractivity contribution in [1.82, 2.24) is 4.98 Å². The Morgan fingerprint density at radius 1 is 1.18 bits per heavy atom. The van der Waals surface area contributed by atoms with Crippen molar-refractivity contribution >= 4 is 44.9 Å². The Labute approximate surface area is 205 Å². The van der Waals surface area contributed by atoms with Gasteiger partial charge < -0.3 is 9.15 Å². The first-order chi connectivity index (χ1) is 16.4. The lowest BCUT2D eigenvalue weighted by Crippen LogP contribution is -2.29. The number of nitrogens with zero attached hydrogens (tertiary/aromatic N) is 2. The van der Waals surface area contributed by atoms with Gasteiger partial charge in [0.15, 0.2) is 10.6 Å². The van der Waals surface area contributed by atoms with Gasteiger partial charge in [-0.15, -0.1) is 11.3 Å². The molecule has 0 aliphatic carbocycles. The molecule has 0 saturated carbocycles. The van der Waals surface area contributed by atoms with Gasteiger partial charge >= 0.3 is 0 Å². The lowest BCUT2D eigenvalue weighted by Gasteiger charge is -2.23. The van der Waals surface area contributed by atoms with E-state index in [-0.39, 0.29) is 22.7 Å². The summed E-state index contributed by atoms with van der Waals surface area (Å²) in [5.41, 5.74) is 1.93. The lowest BCUT2D eigenvalue weighted by atomic mass is 9.98. The molecule has 1 amide bonds. The number of fused-ring (bicyclic) bond motifs is 2. The van der Waals surface area contributed by atoms with Crippen LogP contribution in [0.2, 0.25) is 5.02 Å². The quantitative estimate of drug-likeness (QED) is 0.288. The molecule has 0 N–H and O–H groups in total. The van der Waals surface area contributed by atoms with Gasteiger partial charge in [-0.05, 0) is 56.2 Å². The molecule has 1 unspecified atom stereocenters. The molecule has 34 heavy (non-hydrogen) atoms. The maximum Gasteiger partial charge on any atom is 0.297 e. The average Bonchev–Trinajstić information content (AvgIpc) is 3.30. The van der Waals surface area contributed by atoms with Crippen LogP contribution in [0, 0.1) is 13.8 Å². The van der Waals surface area contributed by atoms with Crippen molar-refractivity contribution in [1.29, 1.82) is 0 Å². The molecule has 174 valence electrons. The fourth-order valence-electron chi connectivity index (χ4n) is 4.13. The van der Waals surface area contributed by atoms with Gasteiger partial charge in [0.25, 0.3) is 5.91 Å². The lowest BCUT2D eigenvalue weighted by molar-refractivity contribution is 0.0971. The second-order valence-electron chi connectivity index (χ2n) is 8.30. The number of anilines is 1. The molecule has 1 aliphatic heterocycles. The maximum absolute atomic E-state index is 13.7. The first-order valence-electron chi connectivity index (χ1n) is 11.2. The van der Waals surface area contributed by atoms with Crippen molar-refractivity contribution in [3.05, 3.63) is 85.2 Å². The summed E-state index contributed by atoms with van der Waals surface area (Å²) in [4.78, 5) is 34.6. The minimum absolute atomic E-state index is 0.0348. The summed E-state index contributed by atoms with van der Waals surface area (Å²) in [6, 6.07) is 11.7. The molecule has 1 atom stereocenters. The van der Waals surface area contributed by atoms with Crippen LogP contribution in [0.5, 0.6) is 5.75 Å². The Bertz CT molecular complexity index is 1460. The van der Waals surface area contributed by atoms with E-state index in [1.54, 1.807) is 23.1 Å². The summed E-state index contributed by atoms with van der Waals surface area (Å²) >= 11 is 7.58. The van der Waals surface area contributed by atoms with Crippen molar-refractivity contribution in [3.8, 4) is 5.75 Å². The normalized spacial score (nSPS) is 15.2. The minimum Gasteiger partial charge on any atom is -0.494 e. The Balaban J connectivity index is 1.72. The van der Waals surface area contributed by atoms with Crippen LogP contribution >= 0.6 is 22.9 Å². The molecule has 3 heterocycles. The van der Waals surface area contributed by atoms with E-state index in [1.807, 2.05) is 38.1 Å². The Kier molecular flexibility index (Phi) is 5.91. The predicted octanol–water partition coefficient (Wildman–Crippen LogP) is 6.45. The highest BCUT2D eigenvalue weighted by atomic mass is 35.5. The van der Waals surface area contributed by atoms with E-state index in [0.29, 0.717) is 33.5 Å². The van der Waals surface area contributed by atoms with Crippen molar-refractivity contribution < 1.29 is 13.9 Å². The number of amides is 1. The van der Waals surface area contributed by atoms with E-state index < -0.39 is 6.04 Å². The number of carbonyl (C=O) groups is 1. The third kappa shape index (κ3) is 3.79. The number of ether oxygens (including phenoxy) is 1. The van der Waals surface area contributed by atoms with Gasteiger partial charge in [-0.3, -0.25) is 14.5 Å². The third-order valence-corrected chi connectivity index (χ3v) is 7.30. The largest absolute Gasteiger partial charge is 0.494 e. The topological polar surface area (TPSA) is 72.6 Å². The van der Waals surface area contributed by atoms with Crippen molar-refractivity contribution in [2.24, 2.45) is 0 Å². The molecule has 2 aromatic carbocycles. The zero-order chi connectivity index (χ0) is 24.0. The van der Waals surface area contributed by atoms with Crippen LogP contribution in [0.3, 0.4) is 0 Å². The van der Waals surface area contributed by atoms with Crippen LogP contribution in [-0.4, -0.2) is 17.5 Å². The van der Waals surface area contributed by atoms with Crippen LogP contribution < -0.4 is 15.1 Å². The van der Waals surface area contributed by atoms with Crippen LogP contribution in [0.1, 0.15) is 58.1 Å². The van der Waals surface area contributed by atoms with Gasteiger partial charge in [-0.1, -0.05) is 37.1 Å². The number of thiazole rings is 1. The summed E-state index contributed by atoms with van der Waals surface area (Å²) < 4.78 is 11.9. The van der Waals surface area contributed by atoms with E-state index in [2.05, 4.69) is 11.9 Å². The molecular formula is C26H23ClN2O4S. The fourth-order valence-corrected chi connectivity index (χ4v) is 5.23. The molecule has 0 bridgehead atoms. The molecule has 0 saturated heterocycles. The molecule has 1 aliphatic rings. The van der Waals surface area contributed by atoms with Crippen LogP contribution in [0.25, 0.3) is 11.0 Å². The summed E-state index contributed by atoms with van der Waals surface area (Å²) in [5, 5.41) is 1.29. The monoisotopic (exact) mass is 494 g/mol. The predicted molar refractivity (Wildman–Crippen MR) is 135 cm³/mol. The molecule has 0 radical (unpaired) electrons. The molecule has 8 heteroatoms. The molecule has 0 spiro atoms. The van der Waals surface area contributed by atoms with Crippen LogP contribution in [0.4, 0.5) is 5.13 Å². The standard InChI is InChI=1S/C26H23ClN2O4S/c1-4-5-11-32-18-8-6-7-16(12-18)22-21-23(30)19-13-17(27)9-10-20(19)33-24(21)25(31)29(22)26-28-14(2)15(3)34-26/h6-10,12-13,22H,4-5,11H2,1-3H3. The number of hydrogen-bond donors (Lipinski definition) is 0. The second-order valence-corrected chi connectivity index (χ2v) is 9.92. The second kappa shape index (κ2) is 8.89. The SMILES string of the molecule is CCCCOc1cccc(C2c3c(oc4ccc(Cl)cc4c3=O)C(=O)N2c2nc(C)c(C)s2)c1. The minimum atomic E-state index is -0.693. The number of halogens is 1. The Hall–Kier alpha value is -3.16.